The Hall–Kier alpha value is -3.22. The summed E-state index contributed by atoms with van der Waals surface area (Å²) in [6.07, 6.45) is 1.48. The van der Waals surface area contributed by atoms with Gasteiger partial charge in [-0.3, -0.25) is 14.9 Å². The lowest BCUT2D eigenvalue weighted by molar-refractivity contribution is -0.385. The summed E-state index contributed by atoms with van der Waals surface area (Å²) in [5, 5.41) is 23.9. The van der Waals surface area contributed by atoms with Gasteiger partial charge in [0, 0.05) is 11.6 Å². The molecule has 0 atom stereocenters. The Balaban J connectivity index is 2.00. The van der Waals surface area contributed by atoms with Crippen LogP contribution in [0, 0.1) is 24.0 Å². The largest absolute Gasteiger partial charge is 0.502 e. The molecule has 0 radical (unpaired) electrons. The van der Waals surface area contributed by atoms with Gasteiger partial charge in [-0.2, -0.15) is 5.10 Å². The maximum absolute atomic E-state index is 11.9. The number of hydrogen-bond acceptors (Lipinski definition) is 5. The maximum atomic E-state index is 11.9. The summed E-state index contributed by atoms with van der Waals surface area (Å²) in [7, 11) is 0. The van der Waals surface area contributed by atoms with Crippen molar-refractivity contribution < 1.29 is 14.8 Å². The molecule has 2 aromatic carbocycles. The van der Waals surface area contributed by atoms with Crippen LogP contribution in [0.5, 0.6) is 5.75 Å². The van der Waals surface area contributed by atoms with Gasteiger partial charge in [0.05, 0.1) is 17.6 Å². The highest BCUT2D eigenvalue weighted by Gasteiger charge is 2.12. The lowest BCUT2D eigenvalue weighted by Gasteiger charge is -2.05. The first kappa shape index (κ1) is 17.1. The minimum absolute atomic E-state index is 0.194. The molecule has 0 saturated carbocycles. The number of carbonyl (C=O) groups excluding carboxylic acids is 1. The number of nitrogens with one attached hydrogen (secondary N) is 1. The van der Waals surface area contributed by atoms with Crippen LogP contribution < -0.4 is 5.43 Å². The van der Waals surface area contributed by atoms with E-state index >= 15 is 0 Å². The van der Waals surface area contributed by atoms with Crippen molar-refractivity contribution in [2.45, 2.75) is 20.3 Å². The zero-order chi connectivity index (χ0) is 17.7. The third-order valence-electron chi connectivity index (χ3n) is 3.45. The molecule has 0 aromatic heterocycles. The molecule has 7 nitrogen and oxygen atoms in total. The van der Waals surface area contributed by atoms with Crippen LogP contribution in [0.25, 0.3) is 0 Å². The Kier molecular flexibility index (Phi) is 5.26. The molecule has 2 aromatic rings. The summed E-state index contributed by atoms with van der Waals surface area (Å²) in [4.78, 5) is 22.0. The molecule has 7 heteroatoms. The fourth-order valence-electron chi connectivity index (χ4n) is 2.20. The summed E-state index contributed by atoms with van der Waals surface area (Å²) in [5.41, 5.74) is 5.43. The second kappa shape index (κ2) is 7.36. The number of nitro groups is 1. The molecule has 0 fully saturated rings. The van der Waals surface area contributed by atoms with E-state index in [1.807, 2.05) is 32.0 Å². The number of rotatable bonds is 5. The molecule has 0 heterocycles. The number of amides is 1. The number of aromatic hydroxyl groups is 1. The van der Waals surface area contributed by atoms with Crippen molar-refractivity contribution in [1.82, 2.24) is 5.43 Å². The van der Waals surface area contributed by atoms with Crippen LogP contribution in [0.4, 0.5) is 5.69 Å². The van der Waals surface area contributed by atoms with Crippen molar-refractivity contribution in [2.75, 3.05) is 0 Å². The third-order valence-corrected chi connectivity index (χ3v) is 3.45. The van der Waals surface area contributed by atoms with Crippen LogP contribution in [0.15, 0.2) is 41.5 Å². The Labute approximate surface area is 138 Å². The van der Waals surface area contributed by atoms with Gasteiger partial charge < -0.3 is 5.11 Å². The van der Waals surface area contributed by atoms with Crippen molar-refractivity contribution in [1.29, 1.82) is 0 Å². The van der Waals surface area contributed by atoms with Crippen LogP contribution in [-0.2, 0) is 11.2 Å². The number of phenols is 1. The molecule has 0 saturated heterocycles. The highest BCUT2D eigenvalue weighted by molar-refractivity contribution is 5.84. The smallest absolute Gasteiger partial charge is 0.311 e. The summed E-state index contributed by atoms with van der Waals surface area (Å²) < 4.78 is 0. The van der Waals surface area contributed by atoms with Gasteiger partial charge in [-0.1, -0.05) is 23.8 Å². The van der Waals surface area contributed by atoms with E-state index in [1.54, 1.807) is 0 Å². The molecule has 124 valence electrons. The normalized spacial score (nSPS) is 10.8. The van der Waals surface area contributed by atoms with Crippen molar-refractivity contribution in [2.24, 2.45) is 5.10 Å². The molecular formula is C17H17N3O4. The predicted octanol–water partition coefficient (Wildman–Crippen LogP) is 2.61. The second-order valence-corrected chi connectivity index (χ2v) is 5.41. The number of phenolic OH excluding ortho intramolecular Hbond substituents is 1. The van der Waals surface area contributed by atoms with Crippen LogP contribution in [0.2, 0.25) is 0 Å². The molecule has 0 aliphatic rings. The van der Waals surface area contributed by atoms with Gasteiger partial charge in [0.2, 0.25) is 5.91 Å². The average Bonchev–Trinajstić information content (AvgIpc) is 2.51. The standard InChI is InChI=1S/C17H17N3O4/c1-11-3-5-14(12(2)7-11)9-17(22)19-18-10-13-4-6-16(21)15(8-13)20(23)24/h3-8,10,21H,9H2,1-2H3,(H,19,22)/b18-10-. The first-order chi connectivity index (χ1) is 11.4. The van der Waals surface area contributed by atoms with Gasteiger partial charge in [0.15, 0.2) is 5.75 Å². The van der Waals surface area contributed by atoms with E-state index in [9.17, 15) is 20.0 Å². The van der Waals surface area contributed by atoms with Crippen LogP contribution in [0.3, 0.4) is 0 Å². The van der Waals surface area contributed by atoms with Crippen LogP contribution >= 0.6 is 0 Å². The number of benzene rings is 2. The molecule has 2 rings (SSSR count). The fourth-order valence-corrected chi connectivity index (χ4v) is 2.20. The average molecular weight is 327 g/mol. The minimum Gasteiger partial charge on any atom is -0.502 e. The summed E-state index contributed by atoms with van der Waals surface area (Å²) in [6, 6.07) is 9.68. The highest BCUT2D eigenvalue weighted by Crippen LogP contribution is 2.25. The van der Waals surface area contributed by atoms with E-state index < -0.39 is 16.4 Å². The van der Waals surface area contributed by atoms with Crippen molar-refractivity contribution >= 4 is 17.8 Å². The van der Waals surface area contributed by atoms with Gasteiger partial charge in [0.25, 0.3) is 0 Å². The maximum Gasteiger partial charge on any atom is 0.311 e. The molecule has 0 aliphatic carbocycles. The van der Waals surface area contributed by atoms with Gasteiger partial charge in [-0.15, -0.1) is 0 Å². The zero-order valence-corrected chi connectivity index (χ0v) is 13.3. The Morgan fingerprint density at radius 1 is 1.29 bits per heavy atom. The Bertz CT molecular complexity index is 815. The number of aryl methyl sites for hydroxylation is 2. The first-order valence-corrected chi connectivity index (χ1v) is 7.22. The van der Waals surface area contributed by atoms with E-state index in [4.69, 9.17) is 0 Å². The van der Waals surface area contributed by atoms with E-state index in [-0.39, 0.29) is 12.3 Å². The number of nitrogens with zero attached hydrogens (tertiary/aromatic N) is 2. The van der Waals surface area contributed by atoms with E-state index in [0.29, 0.717) is 5.56 Å². The number of hydrogen-bond donors (Lipinski definition) is 2. The van der Waals surface area contributed by atoms with Gasteiger partial charge >= 0.3 is 5.69 Å². The monoisotopic (exact) mass is 327 g/mol. The summed E-state index contributed by atoms with van der Waals surface area (Å²) >= 11 is 0. The van der Waals surface area contributed by atoms with Crippen LogP contribution in [0.1, 0.15) is 22.3 Å². The highest BCUT2D eigenvalue weighted by atomic mass is 16.6. The topological polar surface area (TPSA) is 105 Å². The predicted molar refractivity (Wildman–Crippen MR) is 90.1 cm³/mol. The van der Waals surface area contributed by atoms with E-state index in [2.05, 4.69) is 10.5 Å². The van der Waals surface area contributed by atoms with Gasteiger partial charge in [-0.05, 0) is 37.1 Å². The van der Waals surface area contributed by atoms with Crippen LogP contribution in [-0.4, -0.2) is 22.2 Å². The molecular weight excluding hydrogens is 310 g/mol. The minimum atomic E-state index is -0.689. The molecule has 24 heavy (non-hydrogen) atoms. The Morgan fingerprint density at radius 2 is 2.04 bits per heavy atom. The quantitative estimate of drug-likeness (QED) is 0.500. The summed E-state index contributed by atoms with van der Waals surface area (Å²) in [5.74, 6) is -0.706. The van der Waals surface area contributed by atoms with E-state index in [0.717, 1.165) is 16.7 Å². The summed E-state index contributed by atoms with van der Waals surface area (Å²) in [6.45, 7) is 3.92. The van der Waals surface area contributed by atoms with Gasteiger partial charge in [0.1, 0.15) is 0 Å². The number of hydrazone groups is 1. The Morgan fingerprint density at radius 3 is 2.71 bits per heavy atom. The van der Waals surface area contributed by atoms with Crippen molar-refractivity contribution in [3.05, 3.63) is 68.8 Å². The zero-order valence-electron chi connectivity index (χ0n) is 13.3. The molecule has 1 amide bonds. The molecule has 0 aliphatic heterocycles. The van der Waals surface area contributed by atoms with Gasteiger partial charge in [-0.25, -0.2) is 5.43 Å². The second-order valence-electron chi connectivity index (χ2n) is 5.41. The first-order valence-electron chi connectivity index (χ1n) is 7.22. The number of carbonyl (C=O) groups is 1. The molecule has 2 N–H and O–H groups in total. The lowest BCUT2D eigenvalue weighted by atomic mass is 10.0. The molecule has 0 bridgehead atoms. The lowest BCUT2D eigenvalue weighted by Crippen LogP contribution is -2.20. The van der Waals surface area contributed by atoms with E-state index in [1.165, 1.54) is 24.4 Å². The molecule has 0 spiro atoms. The van der Waals surface area contributed by atoms with Crippen molar-refractivity contribution in [3.63, 3.8) is 0 Å². The SMILES string of the molecule is Cc1ccc(CC(=O)N/N=C\c2ccc(O)c([N+](=O)[O-])c2)c(C)c1. The fraction of sp³-hybridized carbons (Fsp3) is 0.176. The van der Waals surface area contributed by atoms with Crippen molar-refractivity contribution in [3.8, 4) is 5.75 Å². The molecule has 0 unspecified atom stereocenters. The number of nitro benzene ring substituents is 1. The third kappa shape index (κ3) is 4.39.